The predicted octanol–water partition coefficient (Wildman–Crippen LogP) is 3.11. The zero-order chi connectivity index (χ0) is 23.8. The van der Waals surface area contributed by atoms with Crippen molar-refractivity contribution >= 4 is 39.1 Å². The van der Waals surface area contributed by atoms with Gasteiger partial charge >= 0.3 is 0 Å². The van der Waals surface area contributed by atoms with E-state index >= 15 is 0 Å². The molecule has 8 nitrogen and oxygen atoms in total. The number of aromatic nitrogens is 1. The van der Waals surface area contributed by atoms with Crippen molar-refractivity contribution in [1.82, 2.24) is 15.6 Å². The van der Waals surface area contributed by atoms with Crippen LogP contribution >= 0.6 is 11.6 Å². The molecule has 0 aliphatic rings. The van der Waals surface area contributed by atoms with Crippen molar-refractivity contribution in [2.45, 2.75) is 17.9 Å². The number of hydrogen-bond donors (Lipinski definition) is 3. The fourth-order valence-corrected chi connectivity index (χ4v) is 4.04. The number of amides is 2. The molecule has 11 heteroatoms. The molecule has 2 aromatic carbocycles. The molecule has 0 unspecified atom stereocenters. The number of nitrogens with one attached hydrogen (secondary N) is 3. The second-order valence-corrected chi connectivity index (χ2v) is 8.98. The lowest BCUT2D eigenvalue weighted by Gasteiger charge is -2.11. The Morgan fingerprint density at radius 3 is 2.36 bits per heavy atom. The fourth-order valence-electron chi connectivity index (χ4n) is 2.75. The summed E-state index contributed by atoms with van der Waals surface area (Å²) in [5.74, 6) is -1.40. The Morgan fingerprint density at radius 2 is 1.67 bits per heavy atom. The molecule has 0 bridgehead atoms. The van der Waals surface area contributed by atoms with Crippen molar-refractivity contribution < 1.29 is 22.4 Å². The highest BCUT2D eigenvalue weighted by Crippen LogP contribution is 2.22. The number of pyridine rings is 1. The van der Waals surface area contributed by atoms with Crippen LogP contribution in [-0.4, -0.2) is 31.8 Å². The van der Waals surface area contributed by atoms with Crippen molar-refractivity contribution in [2.75, 3.05) is 11.3 Å². The van der Waals surface area contributed by atoms with Crippen molar-refractivity contribution in [3.05, 3.63) is 89.0 Å². The van der Waals surface area contributed by atoms with Crippen molar-refractivity contribution in [2.24, 2.45) is 0 Å². The van der Waals surface area contributed by atoms with E-state index in [4.69, 9.17) is 11.6 Å². The highest BCUT2D eigenvalue weighted by molar-refractivity contribution is 7.92. The van der Waals surface area contributed by atoms with E-state index < -0.39 is 21.7 Å². The zero-order valence-electron chi connectivity index (χ0n) is 17.2. The molecule has 172 valence electrons. The van der Waals surface area contributed by atoms with Crippen molar-refractivity contribution in [1.29, 1.82) is 0 Å². The summed E-state index contributed by atoms with van der Waals surface area (Å²) in [6.07, 6.45) is 3.27. The van der Waals surface area contributed by atoms with Gasteiger partial charge in [-0.25, -0.2) is 12.8 Å². The van der Waals surface area contributed by atoms with Gasteiger partial charge in [0.25, 0.3) is 15.9 Å². The van der Waals surface area contributed by atoms with E-state index in [9.17, 15) is 22.4 Å². The fraction of sp³-hybridized carbons (Fsp3) is 0.136. The van der Waals surface area contributed by atoms with Crippen LogP contribution in [0.3, 0.4) is 0 Å². The Morgan fingerprint density at radius 1 is 0.970 bits per heavy atom. The van der Waals surface area contributed by atoms with Crippen LogP contribution in [-0.2, 0) is 21.4 Å². The average molecular weight is 491 g/mol. The van der Waals surface area contributed by atoms with Crippen LogP contribution in [0.15, 0.2) is 71.9 Å². The topological polar surface area (TPSA) is 117 Å². The lowest BCUT2D eigenvalue weighted by molar-refractivity contribution is -0.121. The minimum atomic E-state index is -4.05. The van der Waals surface area contributed by atoms with Crippen LogP contribution in [0.2, 0.25) is 5.02 Å². The number of benzene rings is 2. The summed E-state index contributed by atoms with van der Waals surface area (Å²) in [5.41, 5.74) is 0.993. The Labute approximate surface area is 195 Å². The molecule has 0 aliphatic carbocycles. The van der Waals surface area contributed by atoms with E-state index in [1.54, 1.807) is 24.5 Å². The normalized spacial score (nSPS) is 11.0. The molecule has 3 aromatic rings. The number of halogens is 2. The van der Waals surface area contributed by atoms with E-state index in [1.165, 1.54) is 24.3 Å². The van der Waals surface area contributed by atoms with Crippen LogP contribution in [0.4, 0.5) is 10.1 Å². The average Bonchev–Trinajstić information content (AvgIpc) is 2.80. The second kappa shape index (κ2) is 10.9. The lowest BCUT2D eigenvalue weighted by atomic mass is 10.2. The molecule has 0 atom stereocenters. The maximum Gasteiger partial charge on any atom is 0.261 e. The first-order chi connectivity index (χ1) is 15.7. The van der Waals surface area contributed by atoms with Gasteiger partial charge in [0.05, 0.1) is 15.5 Å². The van der Waals surface area contributed by atoms with Gasteiger partial charge in [-0.3, -0.25) is 19.3 Å². The van der Waals surface area contributed by atoms with E-state index in [2.05, 4.69) is 20.3 Å². The summed E-state index contributed by atoms with van der Waals surface area (Å²) in [5, 5.41) is 5.33. The first-order valence-corrected chi connectivity index (χ1v) is 11.6. The van der Waals surface area contributed by atoms with Crippen LogP contribution < -0.4 is 15.4 Å². The Kier molecular flexibility index (Phi) is 7.96. The number of nitrogens with zero attached hydrogens (tertiary/aromatic N) is 1. The van der Waals surface area contributed by atoms with Gasteiger partial charge in [-0.15, -0.1) is 0 Å². The molecular formula is C22H20ClFN4O4S. The number of sulfonamides is 1. The Bertz CT molecular complexity index is 1240. The predicted molar refractivity (Wildman–Crippen MR) is 122 cm³/mol. The Balaban J connectivity index is 1.58. The molecule has 0 saturated heterocycles. The molecule has 2 amide bonds. The highest BCUT2D eigenvalue weighted by Gasteiger charge is 2.19. The molecule has 0 radical (unpaired) electrons. The molecule has 1 aromatic heterocycles. The molecule has 0 spiro atoms. The molecular weight excluding hydrogens is 471 g/mol. The summed E-state index contributed by atoms with van der Waals surface area (Å²) < 4.78 is 40.6. The number of anilines is 1. The number of hydrogen-bond acceptors (Lipinski definition) is 5. The van der Waals surface area contributed by atoms with Gasteiger partial charge in [0.15, 0.2) is 0 Å². The third-order valence-corrected chi connectivity index (χ3v) is 6.17. The minimum absolute atomic E-state index is 0.0263. The van der Waals surface area contributed by atoms with E-state index in [1.807, 2.05) is 0 Å². The van der Waals surface area contributed by atoms with E-state index in [0.29, 0.717) is 6.54 Å². The third kappa shape index (κ3) is 6.99. The van der Waals surface area contributed by atoms with Gasteiger partial charge in [0.2, 0.25) is 5.91 Å². The molecule has 3 rings (SSSR count). The largest absolute Gasteiger partial charge is 0.352 e. The lowest BCUT2D eigenvalue weighted by Crippen LogP contribution is -2.30. The molecule has 33 heavy (non-hydrogen) atoms. The van der Waals surface area contributed by atoms with Gasteiger partial charge in [0.1, 0.15) is 5.82 Å². The third-order valence-electron chi connectivity index (χ3n) is 4.47. The monoisotopic (exact) mass is 490 g/mol. The smallest absolute Gasteiger partial charge is 0.261 e. The number of carbonyl (C=O) groups is 2. The van der Waals surface area contributed by atoms with Crippen LogP contribution in [0, 0.1) is 5.82 Å². The summed E-state index contributed by atoms with van der Waals surface area (Å²) in [6.45, 7) is 0.365. The van der Waals surface area contributed by atoms with E-state index in [0.717, 1.165) is 23.8 Å². The number of carbonyl (C=O) groups excluding carboxylic acids is 2. The van der Waals surface area contributed by atoms with Crippen molar-refractivity contribution in [3.8, 4) is 0 Å². The highest BCUT2D eigenvalue weighted by atomic mass is 35.5. The first-order valence-electron chi connectivity index (χ1n) is 9.76. The molecule has 3 N–H and O–H groups in total. The summed E-state index contributed by atoms with van der Waals surface area (Å²) in [4.78, 5) is 28.2. The standard InChI is InChI=1S/C22H20ClFN4O4S/c23-20-6-5-18(33(31,32)28-17-3-1-16(24)2-4-17)13-19(20)22(30)26-12-9-21(29)27-14-15-7-10-25-11-8-15/h1-8,10-11,13,28H,9,12,14H2,(H,26,30)(H,27,29). The molecule has 1 heterocycles. The van der Waals surface area contributed by atoms with Crippen LogP contribution in [0.1, 0.15) is 22.3 Å². The molecule has 0 aliphatic heterocycles. The zero-order valence-corrected chi connectivity index (χ0v) is 18.8. The quantitative estimate of drug-likeness (QED) is 0.426. The van der Waals surface area contributed by atoms with Gasteiger partial charge in [-0.1, -0.05) is 11.6 Å². The van der Waals surface area contributed by atoms with Gasteiger partial charge in [-0.2, -0.15) is 0 Å². The summed E-state index contributed by atoms with van der Waals surface area (Å²) in [6, 6.07) is 12.0. The summed E-state index contributed by atoms with van der Waals surface area (Å²) >= 11 is 6.08. The summed E-state index contributed by atoms with van der Waals surface area (Å²) in [7, 11) is -4.05. The minimum Gasteiger partial charge on any atom is -0.352 e. The Hall–Kier alpha value is -3.50. The van der Waals surface area contributed by atoms with Gasteiger partial charge in [0, 0.05) is 37.6 Å². The van der Waals surface area contributed by atoms with Crippen LogP contribution in [0.5, 0.6) is 0 Å². The first kappa shape index (κ1) is 24.1. The SMILES string of the molecule is O=C(CCNC(=O)c1cc(S(=O)(=O)Nc2ccc(F)cc2)ccc1Cl)NCc1ccncc1. The van der Waals surface area contributed by atoms with Gasteiger partial charge < -0.3 is 10.6 Å². The van der Waals surface area contributed by atoms with Gasteiger partial charge in [-0.05, 0) is 60.2 Å². The second-order valence-electron chi connectivity index (χ2n) is 6.89. The molecule has 0 saturated carbocycles. The maximum absolute atomic E-state index is 13.0. The maximum atomic E-state index is 13.0. The van der Waals surface area contributed by atoms with E-state index in [-0.39, 0.29) is 40.0 Å². The van der Waals surface area contributed by atoms with Crippen LogP contribution in [0.25, 0.3) is 0 Å². The van der Waals surface area contributed by atoms with Crippen molar-refractivity contribution in [3.63, 3.8) is 0 Å². The number of rotatable bonds is 9. The molecule has 0 fully saturated rings.